The predicted molar refractivity (Wildman–Crippen MR) is 163 cm³/mol. The fraction of sp³-hybridized carbons (Fsp3) is 0.387. The average molecular weight is 641 g/mol. The Morgan fingerprint density at radius 2 is 1.86 bits per heavy atom. The third-order valence-corrected chi connectivity index (χ3v) is 9.64. The van der Waals surface area contributed by atoms with Crippen LogP contribution in [0.3, 0.4) is 0 Å². The van der Waals surface area contributed by atoms with Crippen LogP contribution in [0.2, 0.25) is 5.02 Å². The number of hydrogen-bond acceptors (Lipinski definition) is 9. The Morgan fingerprint density at radius 3 is 2.68 bits per heavy atom. The second-order valence-corrected chi connectivity index (χ2v) is 12.8. The molecule has 0 amide bonds. The normalized spacial score (nSPS) is 19.7. The van der Waals surface area contributed by atoms with Crippen molar-refractivity contribution < 1.29 is 31.6 Å². The summed E-state index contributed by atoms with van der Waals surface area (Å²) in [6.07, 6.45) is 0.104. The van der Waals surface area contributed by atoms with E-state index in [1.54, 1.807) is 17.7 Å². The molecule has 0 aliphatic carbocycles. The Labute approximate surface area is 260 Å². The zero-order valence-corrected chi connectivity index (χ0v) is 26.3. The van der Waals surface area contributed by atoms with Gasteiger partial charge in [0.15, 0.2) is 0 Å². The van der Waals surface area contributed by atoms with Gasteiger partial charge in [0.05, 0.1) is 43.3 Å². The van der Waals surface area contributed by atoms with Crippen LogP contribution in [0.25, 0.3) is 11.0 Å². The molecule has 13 heteroatoms. The zero-order chi connectivity index (χ0) is 31.0. The number of rotatable bonds is 3. The number of carbonyl (C=O) groups excluding carboxylic acids is 1. The van der Waals surface area contributed by atoms with Crippen molar-refractivity contribution in [3.63, 3.8) is 0 Å². The van der Waals surface area contributed by atoms with Crippen LogP contribution in [-0.2, 0) is 44.2 Å². The van der Waals surface area contributed by atoms with E-state index in [9.17, 15) is 13.2 Å². The molecule has 3 aromatic carbocycles. The van der Waals surface area contributed by atoms with Crippen LogP contribution in [0.4, 0.5) is 0 Å². The molecule has 232 valence electrons. The summed E-state index contributed by atoms with van der Waals surface area (Å²) in [6.45, 7) is 7.51. The Morgan fingerprint density at radius 1 is 1.05 bits per heavy atom. The highest BCUT2D eigenvalue weighted by molar-refractivity contribution is 7.84. The van der Waals surface area contributed by atoms with E-state index in [1.807, 2.05) is 44.2 Å². The average Bonchev–Trinajstić information content (AvgIpc) is 3.39. The number of ether oxygens (including phenoxy) is 3. The monoisotopic (exact) mass is 640 g/mol. The van der Waals surface area contributed by atoms with Gasteiger partial charge in [-0.2, -0.15) is 12.7 Å². The summed E-state index contributed by atoms with van der Waals surface area (Å²) >= 11 is 6.41. The van der Waals surface area contributed by atoms with Gasteiger partial charge >= 0.3 is 16.3 Å². The minimum Gasteiger partial charge on any atom is -0.490 e. The van der Waals surface area contributed by atoms with Crippen molar-refractivity contribution in [2.24, 2.45) is 0 Å². The summed E-state index contributed by atoms with van der Waals surface area (Å²) in [7, 11) is -4.11. The number of aryl methyl sites for hydroxylation is 2. The van der Waals surface area contributed by atoms with Gasteiger partial charge in [0.2, 0.25) is 0 Å². The highest BCUT2D eigenvalue weighted by Gasteiger charge is 2.33. The first-order valence-electron chi connectivity index (χ1n) is 14.4. The number of benzene rings is 3. The van der Waals surface area contributed by atoms with Crippen LogP contribution in [-0.4, -0.2) is 60.1 Å². The van der Waals surface area contributed by atoms with Crippen molar-refractivity contribution in [1.82, 2.24) is 19.3 Å². The van der Waals surface area contributed by atoms with Crippen molar-refractivity contribution in [1.29, 1.82) is 0 Å². The van der Waals surface area contributed by atoms with Gasteiger partial charge in [-0.05, 0) is 60.7 Å². The Kier molecular flexibility index (Phi) is 8.51. The van der Waals surface area contributed by atoms with Gasteiger partial charge in [0.1, 0.15) is 23.6 Å². The first kappa shape index (κ1) is 30.3. The molecular formula is C31H33ClN4O7S. The van der Waals surface area contributed by atoms with Gasteiger partial charge in [-0.1, -0.05) is 41.1 Å². The molecule has 44 heavy (non-hydrogen) atoms. The number of fused-ring (bicyclic) bond motifs is 6. The zero-order valence-electron chi connectivity index (χ0n) is 24.7. The van der Waals surface area contributed by atoms with E-state index in [1.165, 1.54) is 10.4 Å². The largest absolute Gasteiger partial charge is 0.490 e. The molecule has 0 fully saturated rings. The lowest BCUT2D eigenvalue weighted by atomic mass is 9.84. The number of esters is 1. The van der Waals surface area contributed by atoms with Gasteiger partial charge in [-0.3, -0.25) is 4.79 Å². The Balaban J connectivity index is 1.46. The lowest BCUT2D eigenvalue weighted by molar-refractivity contribution is -0.143. The second kappa shape index (κ2) is 12.4. The minimum absolute atomic E-state index is 0.0621. The molecule has 0 saturated heterocycles. The molecule has 0 N–H and O–H groups in total. The third kappa shape index (κ3) is 5.99. The summed E-state index contributed by atoms with van der Waals surface area (Å²) in [5.74, 6) is -0.106. The van der Waals surface area contributed by atoms with Crippen molar-refractivity contribution in [3.05, 3.63) is 80.9 Å². The van der Waals surface area contributed by atoms with Crippen LogP contribution >= 0.6 is 11.6 Å². The SMILES string of the molecule is CCOC(=O)CC1c2ccc(C)c(c2)CN2Cc3cc(c(Cl)cc3OS2(=O)=O)OCCOCCn2nnc3c(C)c1ccc32. The minimum atomic E-state index is -4.11. The van der Waals surface area contributed by atoms with Crippen LogP contribution < -0.4 is 8.92 Å². The molecule has 1 aromatic heterocycles. The molecule has 2 unspecified atom stereocenters. The Hall–Kier alpha value is -3.71. The quantitative estimate of drug-likeness (QED) is 0.290. The van der Waals surface area contributed by atoms with E-state index in [0.29, 0.717) is 31.1 Å². The van der Waals surface area contributed by atoms with E-state index in [2.05, 4.69) is 10.3 Å². The smallest absolute Gasteiger partial charge is 0.385 e. The molecule has 9 bridgehead atoms. The van der Waals surface area contributed by atoms with Crippen molar-refractivity contribution in [3.8, 4) is 11.5 Å². The topological polar surface area (TPSA) is 122 Å². The van der Waals surface area contributed by atoms with Gasteiger partial charge < -0.3 is 18.4 Å². The Bertz CT molecular complexity index is 1840. The van der Waals surface area contributed by atoms with Crippen molar-refractivity contribution in [2.75, 3.05) is 26.4 Å². The van der Waals surface area contributed by atoms with E-state index < -0.39 is 10.3 Å². The molecule has 4 aromatic rings. The molecule has 3 aliphatic heterocycles. The fourth-order valence-electron chi connectivity index (χ4n) is 5.71. The van der Waals surface area contributed by atoms with Crippen LogP contribution in [0.1, 0.15) is 52.6 Å². The summed E-state index contributed by atoms with van der Waals surface area (Å²) in [5.41, 5.74) is 6.58. The molecule has 11 nitrogen and oxygen atoms in total. The van der Waals surface area contributed by atoms with E-state index >= 15 is 0 Å². The first-order valence-corrected chi connectivity index (χ1v) is 16.2. The molecule has 2 atom stereocenters. The molecular weight excluding hydrogens is 608 g/mol. The molecule has 0 saturated carbocycles. The maximum Gasteiger partial charge on any atom is 0.385 e. The molecule has 0 spiro atoms. The van der Waals surface area contributed by atoms with E-state index in [4.69, 9.17) is 30.0 Å². The van der Waals surface area contributed by atoms with Crippen LogP contribution in [0, 0.1) is 13.8 Å². The summed E-state index contributed by atoms with van der Waals surface area (Å²) in [6, 6.07) is 13.0. The number of carbonyl (C=O) groups is 1. The van der Waals surface area contributed by atoms with E-state index in [-0.39, 0.29) is 55.4 Å². The fourth-order valence-corrected chi connectivity index (χ4v) is 7.00. The lowest BCUT2D eigenvalue weighted by Crippen LogP contribution is -2.37. The van der Waals surface area contributed by atoms with Gasteiger partial charge in [-0.25, -0.2) is 4.68 Å². The molecule has 7 rings (SSSR count). The number of hydrogen-bond donors (Lipinski definition) is 0. The predicted octanol–water partition coefficient (Wildman–Crippen LogP) is 4.84. The maximum absolute atomic E-state index is 13.2. The van der Waals surface area contributed by atoms with Gasteiger partial charge in [0.25, 0.3) is 0 Å². The van der Waals surface area contributed by atoms with Crippen LogP contribution in [0.15, 0.2) is 42.5 Å². The van der Waals surface area contributed by atoms with E-state index in [0.717, 1.165) is 38.9 Å². The third-order valence-electron chi connectivity index (χ3n) is 8.06. The standard InChI is InChI=1S/C31H33ClN4O7S/c1-4-41-30(37)15-25-21-6-5-19(2)22(13-21)17-35-18-23-14-29(26(32)16-28(23)43-44(35,38)39)42-12-11-40-10-9-36-27-8-7-24(25)20(3)31(27)33-34-36/h5-8,13-14,16,25H,4,9-12,15,17-18H2,1-3H3. The number of halogens is 1. The summed E-state index contributed by atoms with van der Waals surface area (Å²) < 4.78 is 52.1. The highest BCUT2D eigenvalue weighted by atomic mass is 35.5. The number of aromatic nitrogens is 3. The molecule has 0 radical (unpaired) electrons. The summed E-state index contributed by atoms with van der Waals surface area (Å²) in [5, 5.41) is 9.06. The second-order valence-electron chi connectivity index (χ2n) is 10.9. The summed E-state index contributed by atoms with van der Waals surface area (Å²) in [4.78, 5) is 12.9. The first-order chi connectivity index (χ1) is 21.1. The van der Waals surface area contributed by atoms with Gasteiger partial charge in [0, 0.05) is 30.6 Å². The number of nitrogens with zero attached hydrogens (tertiary/aromatic N) is 4. The molecule has 4 heterocycles. The lowest BCUT2D eigenvalue weighted by Gasteiger charge is -2.29. The highest BCUT2D eigenvalue weighted by Crippen LogP contribution is 2.39. The van der Waals surface area contributed by atoms with Gasteiger partial charge in [-0.15, -0.1) is 5.10 Å². The maximum atomic E-state index is 13.2. The van der Waals surface area contributed by atoms with Crippen molar-refractivity contribution in [2.45, 2.75) is 52.7 Å². The molecule has 3 aliphatic rings. The van der Waals surface area contributed by atoms with Crippen molar-refractivity contribution >= 4 is 38.9 Å². The van der Waals surface area contributed by atoms with Crippen LogP contribution in [0.5, 0.6) is 11.5 Å².